The molecule has 4 nitrogen and oxygen atoms in total. The lowest BCUT2D eigenvalue weighted by Gasteiger charge is -2.40. The van der Waals surface area contributed by atoms with Gasteiger partial charge in [0, 0.05) is 19.3 Å². The van der Waals surface area contributed by atoms with Gasteiger partial charge in [-0.15, -0.1) is 0 Å². The third-order valence-corrected chi connectivity index (χ3v) is 4.45. The number of carboxylic acid groups (broad SMARTS) is 1. The standard InChI is InChI=1S/C15H19FN2O2/c16-12-3-1-7-17-13(12)18-8-2-6-15(10-18,14(19)20)9-11-4-5-11/h1,3,7,11H,2,4-6,8-10H2,(H,19,20)/t15-/m0/s1. The molecular weight excluding hydrogens is 259 g/mol. The summed E-state index contributed by atoms with van der Waals surface area (Å²) in [7, 11) is 0. The number of aliphatic carboxylic acids is 1. The van der Waals surface area contributed by atoms with Crippen LogP contribution >= 0.6 is 0 Å². The van der Waals surface area contributed by atoms with Gasteiger partial charge in [-0.2, -0.15) is 0 Å². The molecule has 1 aliphatic carbocycles. The number of halogens is 1. The minimum Gasteiger partial charge on any atom is -0.481 e. The molecule has 108 valence electrons. The molecule has 1 aliphatic heterocycles. The van der Waals surface area contributed by atoms with Gasteiger partial charge in [-0.25, -0.2) is 9.37 Å². The second-order valence-corrected chi connectivity index (χ2v) is 6.07. The van der Waals surface area contributed by atoms with Crippen LogP contribution in [0.5, 0.6) is 0 Å². The summed E-state index contributed by atoms with van der Waals surface area (Å²) in [6.07, 6.45) is 5.99. The molecule has 5 heteroatoms. The van der Waals surface area contributed by atoms with Gasteiger partial charge >= 0.3 is 5.97 Å². The van der Waals surface area contributed by atoms with Crippen molar-refractivity contribution in [1.82, 2.24) is 4.98 Å². The molecule has 1 N–H and O–H groups in total. The average molecular weight is 278 g/mol. The Morgan fingerprint density at radius 3 is 3.00 bits per heavy atom. The fraction of sp³-hybridized carbons (Fsp3) is 0.600. The zero-order chi connectivity index (χ0) is 14.2. The number of hydrogen-bond acceptors (Lipinski definition) is 3. The van der Waals surface area contributed by atoms with E-state index in [0.717, 1.165) is 19.3 Å². The van der Waals surface area contributed by atoms with Crippen molar-refractivity contribution in [2.75, 3.05) is 18.0 Å². The highest BCUT2D eigenvalue weighted by atomic mass is 19.1. The number of aromatic nitrogens is 1. The van der Waals surface area contributed by atoms with Crippen molar-refractivity contribution in [3.63, 3.8) is 0 Å². The number of carboxylic acids is 1. The second-order valence-electron chi connectivity index (χ2n) is 6.07. The maximum atomic E-state index is 13.9. The van der Waals surface area contributed by atoms with E-state index < -0.39 is 11.4 Å². The summed E-state index contributed by atoms with van der Waals surface area (Å²) in [5.74, 6) is -0.293. The highest BCUT2D eigenvalue weighted by Gasteiger charge is 2.46. The summed E-state index contributed by atoms with van der Waals surface area (Å²) in [6.45, 7) is 1.04. The molecule has 1 atom stereocenters. The van der Waals surface area contributed by atoms with E-state index in [1.807, 2.05) is 0 Å². The lowest BCUT2D eigenvalue weighted by Crippen LogP contribution is -2.48. The van der Waals surface area contributed by atoms with Crippen LogP contribution in [-0.4, -0.2) is 29.1 Å². The number of rotatable bonds is 4. The maximum absolute atomic E-state index is 13.9. The molecule has 2 aliphatic rings. The molecule has 0 radical (unpaired) electrons. The summed E-state index contributed by atoms with van der Waals surface area (Å²) in [5.41, 5.74) is -0.733. The molecule has 3 rings (SSSR count). The molecule has 20 heavy (non-hydrogen) atoms. The Kier molecular flexibility index (Phi) is 3.36. The van der Waals surface area contributed by atoms with E-state index in [-0.39, 0.29) is 11.6 Å². The predicted octanol–water partition coefficient (Wildman–Crippen LogP) is 2.69. The van der Waals surface area contributed by atoms with Gasteiger partial charge in [-0.05, 0) is 37.3 Å². The summed E-state index contributed by atoms with van der Waals surface area (Å²) in [4.78, 5) is 17.6. The minimum atomic E-state index is -0.745. The second kappa shape index (κ2) is 5.04. The third kappa shape index (κ3) is 2.49. The Bertz CT molecular complexity index is 518. The molecule has 1 saturated heterocycles. The third-order valence-electron chi connectivity index (χ3n) is 4.45. The maximum Gasteiger partial charge on any atom is 0.311 e. The van der Waals surface area contributed by atoms with Crippen LogP contribution in [0.25, 0.3) is 0 Å². The lowest BCUT2D eigenvalue weighted by molar-refractivity contribution is -0.150. The van der Waals surface area contributed by atoms with Crippen molar-refractivity contribution < 1.29 is 14.3 Å². The number of pyridine rings is 1. The number of piperidine rings is 1. The van der Waals surface area contributed by atoms with Crippen LogP contribution in [0.1, 0.15) is 32.1 Å². The van der Waals surface area contributed by atoms with Gasteiger partial charge < -0.3 is 10.0 Å². The van der Waals surface area contributed by atoms with E-state index in [0.29, 0.717) is 31.8 Å². The Labute approximate surface area is 117 Å². The lowest BCUT2D eigenvalue weighted by atomic mass is 9.75. The van der Waals surface area contributed by atoms with Gasteiger partial charge in [0.25, 0.3) is 0 Å². The van der Waals surface area contributed by atoms with E-state index in [2.05, 4.69) is 4.98 Å². The summed E-state index contributed by atoms with van der Waals surface area (Å²) < 4.78 is 13.9. The topological polar surface area (TPSA) is 53.4 Å². The Morgan fingerprint density at radius 2 is 2.35 bits per heavy atom. The number of carbonyl (C=O) groups is 1. The van der Waals surface area contributed by atoms with Crippen LogP contribution in [0, 0.1) is 17.2 Å². The molecule has 1 aromatic heterocycles. The number of hydrogen-bond donors (Lipinski definition) is 1. The van der Waals surface area contributed by atoms with Gasteiger partial charge in [-0.3, -0.25) is 4.79 Å². The fourth-order valence-electron chi connectivity index (χ4n) is 3.23. The molecule has 1 aromatic rings. The molecule has 0 spiro atoms. The van der Waals surface area contributed by atoms with E-state index in [1.165, 1.54) is 6.07 Å². The summed E-state index contributed by atoms with van der Waals surface area (Å²) >= 11 is 0. The van der Waals surface area contributed by atoms with E-state index in [4.69, 9.17) is 0 Å². The highest BCUT2D eigenvalue weighted by Crippen LogP contribution is 2.45. The Balaban J connectivity index is 1.84. The molecular formula is C15H19FN2O2. The van der Waals surface area contributed by atoms with Gasteiger partial charge in [-0.1, -0.05) is 12.8 Å². The molecule has 0 bridgehead atoms. The monoisotopic (exact) mass is 278 g/mol. The molecule has 2 fully saturated rings. The zero-order valence-corrected chi connectivity index (χ0v) is 11.4. The molecule has 0 aromatic carbocycles. The van der Waals surface area contributed by atoms with Crippen molar-refractivity contribution in [1.29, 1.82) is 0 Å². The first-order valence-electron chi connectivity index (χ1n) is 7.20. The van der Waals surface area contributed by atoms with Crippen LogP contribution in [0.2, 0.25) is 0 Å². The minimum absolute atomic E-state index is 0.286. The van der Waals surface area contributed by atoms with Gasteiger partial charge in [0.15, 0.2) is 11.6 Å². The normalized spacial score (nSPS) is 26.6. The molecule has 0 amide bonds. The smallest absolute Gasteiger partial charge is 0.311 e. The zero-order valence-electron chi connectivity index (χ0n) is 11.4. The molecule has 0 unspecified atom stereocenters. The Hall–Kier alpha value is -1.65. The fourth-order valence-corrected chi connectivity index (χ4v) is 3.23. The predicted molar refractivity (Wildman–Crippen MR) is 73.1 cm³/mol. The van der Waals surface area contributed by atoms with Gasteiger partial charge in [0.1, 0.15) is 0 Å². The highest BCUT2D eigenvalue weighted by molar-refractivity contribution is 5.76. The SMILES string of the molecule is O=C(O)[C@]1(CC2CC2)CCCN(c2ncccc2F)C1. The molecule has 1 saturated carbocycles. The number of nitrogens with zero attached hydrogens (tertiary/aromatic N) is 2. The van der Waals surface area contributed by atoms with Crippen molar-refractivity contribution >= 4 is 11.8 Å². The van der Waals surface area contributed by atoms with Gasteiger partial charge in [0.05, 0.1) is 5.41 Å². The van der Waals surface area contributed by atoms with Crippen molar-refractivity contribution in [2.45, 2.75) is 32.1 Å². The quantitative estimate of drug-likeness (QED) is 0.920. The van der Waals surface area contributed by atoms with Crippen LogP contribution in [0.4, 0.5) is 10.2 Å². The van der Waals surface area contributed by atoms with Crippen LogP contribution < -0.4 is 4.90 Å². The van der Waals surface area contributed by atoms with Crippen LogP contribution in [0.3, 0.4) is 0 Å². The Morgan fingerprint density at radius 1 is 1.55 bits per heavy atom. The first-order chi connectivity index (χ1) is 9.61. The first kappa shape index (κ1) is 13.3. The van der Waals surface area contributed by atoms with E-state index >= 15 is 0 Å². The van der Waals surface area contributed by atoms with Crippen molar-refractivity contribution in [2.24, 2.45) is 11.3 Å². The van der Waals surface area contributed by atoms with Crippen LogP contribution in [-0.2, 0) is 4.79 Å². The van der Waals surface area contributed by atoms with Crippen molar-refractivity contribution in [3.05, 3.63) is 24.1 Å². The van der Waals surface area contributed by atoms with Crippen LogP contribution in [0.15, 0.2) is 18.3 Å². The van der Waals surface area contributed by atoms with Crippen molar-refractivity contribution in [3.8, 4) is 0 Å². The van der Waals surface area contributed by atoms with E-state index in [1.54, 1.807) is 17.2 Å². The number of anilines is 1. The van der Waals surface area contributed by atoms with Gasteiger partial charge in [0.2, 0.25) is 0 Å². The van der Waals surface area contributed by atoms with E-state index in [9.17, 15) is 14.3 Å². The first-order valence-corrected chi connectivity index (χ1v) is 7.20. The molecule has 2 heterocycles. The average Bonchev–Trinajstić information content (AvgIpc) is 3.23. The summed E-state index contributed by atoms with van der Waals surface area (Å²) in [5, 5.41) is 9.66. The largest absolute Gasteiger partial charge is 0.481 e. The summed E-state index contributed by atoms with van der Waals surface area (Å²) in [6, 6.07) is 2.93.